The van der Waals surface area contributed by atoms with Crippen LogP contribution in [0.1, 0.15) is 0 Å². The van der Waals surface area contributed by atoms with Gasteiger partial charge in [0.15, 0.2) is 25.5 Å². The van der Waals surface area contributed by atoms with Gasteiger partial charge >= 0.3 is 0 Å². The van der Waals surface area contributed by atoms with Gasteiger partial charge in [-0.25, -0.2) is 15.0 Å². The van der Waals surface area contributed by atoms with Crippen molar-refractivity contribution in [1.29, 1.82) is 0 Å². The Balaban J connectivity index is 1.25. The number of nitrogens with zero attached hydrogens (tertiary/aromatic N) is 3. The Labute approximate surface area is 322 Å². The first-order valence-corrected chi connectivity index (χ1v) is 20.7. The first-order valence-electron chi connectivity index (χ1n) is 18.7. The van der Waals surface area contributed by atoms with E-state index < -0.39 is 8.07 Å². The molecule has 0 bridgehead atoms. The summed E-state index contributed by atoms with van der Waals surface area (Å²) in [6.45, 7) is 0. The highest BCUT2D eigenvalue weighted by Crippen LogP contribution is 2.38. The predicted octanol–water partition coefficient (Wildman–Crippen LogP) is 9.56. The van der Waals surface area contributed by atoms with Gasteiger partial charge in [0.1, 0.15) is 0 Å². The Hall–Kier alpha value is -7.01. The van der Waals surface area contributed by atoms with Gasteiger partial charge in [-0.2, -0.15) is 0 Å². The van der Waals surface area contributed by atoms with Gasteiger partial charge in [-0.1, -0.05) is 194 Å². The number of rotatable bonds is 7. The molecule has 0 N–H and O–H groups in total. The van der Waals surface area contributed by atoms with E-state index in [-0.39, 0.29) is 0 Å². The first-order chi connectivity index (χ1) is 27.3. The molecule has 0 amide bonds. The smallest absolute Gasteiger partial charge is 0.180 e. The van der Waals surface area contributed by atoms with E-state index in [0.29, 0.717) is 17.5 Å². The summed E-state index contributed by atoms with van der Waals surface area (Å²) in [6.07, 6.45) is 0. The van der Waals surface area contributed by atoms with Crippen molar-refractivity contribution in [3.63, 3.8) is 0 Å². The van der Waals surface area contributed by atoms with Crippen LogP contribution in [0.25, 0.3) is 67.5 Å². The topological polar surface area (TPSA) is 38.7 Å². The molecule has 9 aromatic rings. The number of aromatic nitrogens is 3. The Kier molecular flexibility index (Phi) is 8.16. The molecule has 0 radical (unpaired) electrons. The largest absolute Gasteiger partial charge is 0.208 e. The van der Waals surface area contributed by atoms with E-state index >= 15 is 0 Å². The van der Waals surface area contributed by atoms with Crippen LogP contribution in [0.3, 0.4) is 0 Å². The van der Waals surface area contributed by atoms with Crippen molar-refractivity contribution < 1.29 is 0 Å². The maximum absolute atomic E-state index is 5.41. The highest BCUT2D eigenvalue weighted by molar-refractivity contribution is 7.22. The monoisotopic (exact) mass is 717 g/mol. The van der Waals surface area contributed by atoms with E-state index in [4.69, 9.17) is 15.0 Å². The molecule has 8 aromatic carbocycles. The zero-order chi connectivity index (χ0) is 36.6. The summed E-state index contributed by atoms with van der Waals surface area (Å²) in [7, 11) is -2.71. The molecule has 2 heterocycles. The highest BCUT2D eigenvalue weighted by atomic mass is 28.3. The van der Waals surface area contributed by atoms with Gasteiger partial charge in [0, 0.05) is 16.7 Å². The van der Waals surface area contributed by atoms with E-state index in [9.17, 15) is 0 Å². The minimum absolute atomic E-state index is 0.636. The summed E-state index contributed by atoms with van der Waals surface area (Å²) >= 11 is 0. The van der Waals surface area contributed by atoms with Crippen LogP contribution >= 0.6 is 0 Å². The number of hydrogen-bond acceptors (Lipinski definition) is 3. The van der Waals surface area contributed by atoms with E-state index in [0.717, 1.165) is 38.9 Å². The summed E-state index contributed by atoms with van der Waals surface area (Å²) in [6, 6.07) is 75.9. The molecule has 0 saturated carbocycles. The lowest BCUT2D eigenvalue weighted by Crippen LogP contribution is -2.72. The van der Waals surface area contributed by atoms with Gasteiger partial charge in [0.05, 0.1) is 0 Å². The van der Waals surface area contributed by atoms with Crippen LogP contribution in [0.4, 0.5) is 0 Å². The first kappa shape index (κ1) is 32.6. The molecule has 0 spiro atoms. The van der Waals surface area contributed by atoms with Crippen LogP contribution in [-0.4, -0.2) is 23.0 Å². The van der Waals surface area contributed by atoms with Crippen molar-refractivity contribution in [2.45, 2.75) is 0 Å². The van der Waals surface area contributed by atoms with Crippen LogP contribution in [0.5, 0.6) is 0 Å². The molecular formula is C51H35N3Si. The van der Waals surface area contributed by atoms with Gasteiger partial charge in [0.2, 0.25) is 0 Å². The molecule has 55 heavy (non-hydrogen) atoms. The molecule has 4 heteroatoms. The van der Waals surface area contributed by atoms with Crippen molar-refractivity contribution in [2.24, 2.45) is 0 Å². The van der Waals surface area contributed by atoms with Gasteiger partial charge in [-0.05, 0) is 72.3 Å². The molecular weight excluding hydrogens is 683 g/mol. The van der Waals surface area contributed by atoms with E-state index in [1.165, 1.54) is 31.9 Å². The lowest BCUT2D eigenvalue weighted by Gasteiger charge is -2.31. The summed E-state index contributed by atoms with van der Waals surface area (Å²) in [5.74, 6) is 1.94. The minimum Gasteiger partial charge on any atom is -0.208 e. The molecule has 0 atom stereocenters. The molecule has 1 aromatic heterocycles. The summed E-state index contributed by atoms with van der Waals surface area (Å²) in [5.41, 5.74) is 9.83. The number of benzene rings is 8. The lowest BCUT2D eigenvalue weighted by molar-refractivity contribution is 1.07. The van der Waals surface area contributed by atoms with Gasteiger partial charge < -0.3 is 0 Å². The van der Waals surface area contributed by atoms with Crippen molar-refractivity contribution in [3.8, 4) is 67.5 Å². The van der Waals surface area contributed by atoms with Gasteiger partial charge in [-0.15, -0.1) is 0 Å². The second kappa shape index (κ2) is 13.8. The third-order valence-corrected chi connectivity index (χ3v) is 15.7. The second-order valence-electron chi connectivity index (χ2n) is 14.0. The molecule has 0 fully saturated rings. The molecule has 0 aliphatic carbocycles. The van der Waals surface area contributed by atoms with Crippen LogP contribution in [0.2, 0.25) is 0 Å². The van der Waals surface area contributed by atoms with Gasteiger partial charge in [-0.3, -0.25) is 0 Å². The molecule has 3 nitrogen and oxygen atoms in total. The second-order valence-corrected chi connectivity index (χ2v) is 17.7. The standard InChI is InChI=1S/C51H35N3Si/c1-6-19-36(20-7-1)39-33-40(37-21-8-2-9-22-37)35-41(34-39)50-52-49(38-23-10-3-11-24-38)53-51(54-50)45-30-18-32-47-48(45)44-29-16-17-31-46(44)55(47,42-25-12-4-13-26-42)43-27-14-5-15-28-43/h1-35H. The third kappa shape index (κ3) is 5.63. The van der Waals surface area contributed by atoms with Crippen molar-refractivity contribution in [1.82, 2.24) is 15.0 Å². The summed E-state index contributed by atoms with van der Waals surface area (Å²) < 4.78 is 0. The van der Waals surface area contributed by atoms with Crippen LogP contribution < -0.4 is 20.7 Å². The van der Waals surface area contributed by atoms with Crippen molar-refractivity contribution >= 4 is 28.8 Å². The molecule has 0 unspecified atom stereocenters. The Morgan fingerprint density at radius 3 is 1.24 bits per heavy atom. The third-order valence-electron chi connectivity index (χ3n) is 10.8. The maximum Gasteiger partial charge on any atom is 0.180 e. The maximum atomic E-state index is 5.41. The summed E-state index contributed by atoms with van der Waals surface area (Å²) in [4.78, 5) is 15.9. The molecule has 258 valence electrons. The van der Waals surface area contributed by atoms with Crippen molar-refractivity contribution in [2.75, 3.05) is 0 Å². The average Bonchev–Trinajstić information content (AvgIpc) is 3.59. The van der Waals surface area contributed by atoms with E-state index in [2.05, 4.69) is 194 Å². The van der Waals surface area contributed by atoms with Crippen LogP contribution in [0.15, 0.2) is 212 Å². The molecule has 0 saturated heterocycles. The fourth-order valence-electron chi connectivity index (χ4n) is 8.37. The fraction of sp³-hybridized carbons (Fsp3) is 0. The van der Waals surface area contributed by atoms with Crippen LogP contribution in [-0.2, 0) is 0 Å². The fourth-order valence-corrected chi connectivity index (χ4v) is 13.6. The quantitative estimate of drug-likeness (QED) is 0.154. The highest BCUT2D eigenvalue weighted by Gasteiger charge is 2.49. The molecule has 1 aliphatic heterocycles. The van der Waals surface area contributed by atoms with Gasteiger partial charge in [0.25, 0.3) is 0 Å². The minimum atomic E-state index is -2.71. The van der Waals surface area contributed by atoms with E-state index in [1.807, 2.05) is 18.2 Å². The Bertz CT molecular complexity index is 2690. The zero-order valence-electron chi connectivity index (χ0n) is 30.0. The SMILES string of the molecule is c1ccc(-c2cc(-c3ccccc3)cc(-c3nc(-c4ccccc4)nc(-c4cccc5c4-c4ccccc4[Si]5(c4ccccc4)c4ccccc4)n3)c2)cc1. The summed E-state index contributed by atoms with van der Waals surface area (Å²) in [5, 5.41) is 5.45. The zero-order valence-corrected chi connectivity index (χ0v) is 31.0. The number of fused-ring (bicyclic) bond motifs is 3. The Morgan fingerprint density at radius 2 is 0.673 bits per heavy atom. The average molecular weight is 718 g/mol. The van der Waals surface area contributed by atoms with Crippen LogP contribution in [0, 0.1) is 0 Å². The Morgan fingerprint density at radius 1 is 0.273 bits per heavy atom. The number of hydrogen-bond donors (Lipinski definition) is 0. The predicted molar refractivity (Wildman–Crippen MR) is 230 cm³/mol. The lowest BCUT2D eigenvalue weighted by atomic mass is 9.95. The molecule has 10 rings (SSSR count). The van der Waals surface area contributed by atoms with Crippen molar-refractivity contribution in [3.05, 3.63) is 212 Å². The van der Waals surface area contributed by atoms with E-state index in [1.54, 1.807) is 0 Å². The molecule has 1 aliphatic rings. The normalized spacial score (nSPS) is 12.5.